The van der Waals surface area contributed by atoms with Crippen LogP contribution in [-0.4, -0.2) is 23.5 Å². The third-order valence-corrected chi connectivity index (χ3v) is 0.589. The number of amides is 2. The summed E-state index contributed by atoms with van der Waals surface area (Å²) in [7, 11) is 0. The molecule has 0 aliphatic heterocycles. The van der Waals surface area contributed by atoms with Crippen LogP contribution in [0.2, 0.25) is 0 Å². The molecule has 4 nitrogen and oxygen atoms in total. The molecular formula is C3H5F3N2O2. The number of carbonyl (C=O) groups excluding carboxylic acids is 1. The Balaban J connectivity index is 3.85. The summed E-state index contributed by atoms with van der Waals surface area (Å²) in [5.74, 6) is 0. The van der Waals surface area contributed by atoms with E-state index in [1.165, 1.54) is 0 Å². The van der Waals surface area contributed by atoms with Crippen LogP contribution in [0.1, 0.15) is 0 Å². The number of hydrogen-bond acceptors (Lipinski definition) is 2. The summed E-state index contributed by atoms with van der Waals surface area (Å²) < 4.78 is 33.9. The van der Waals surface area contributed by atoms with Crippen LogP contribution in [0.5, 0.6) is 0 Å². The van der Waals surface area contributed by atoms with E-state index < -0.39 is 18.4 Å². The number of nitrogens with one attached hydrogen (secondary N) is 1. The van der Waals surface area contributed by atoms with Gasteiger partial charge in [0.15, 0.2) is 0 Å². The van der Waals surface area contributed by atoms with Gasteiger partial charge in [-0.2, -0.15) is 13.2 Å². The fourth-order valence-electron chi connectivity index (χ4n) is 0.217. The van der Waals surface area contributed by atoms with Crippen molar-refractivity contribution in [3.63, 3.8) is 0 Å². The van der Waals surface area contributed by atoms with Gasteiger partial charge in [-0.05, 0) is 0 Å². The van der Waals surface area contributed by atoms with Crippen molar-refractivity contribution in [2.75, 3.05) is 0 Å². The van der Waals surface area contributed by atoms with Crippen molar-refractivity contribution in [3.05, 3.63) is 0 Å². The molecule has 0 aromatic carbocycles. The zero-order valence-electron chi connectivity index (χ0n) is 4.64. The SMILES string of the molecule is NC(=O)NC(O)C(F)(F)F. The predicted octanol–water partition coefficient (Wildman–Crippen LogP) is -0.465. The number of hydrogen-bond donors (Lipinski definition) is 3. The quantitative estimate of drug-likeness (QED) is 0.451. The van der Waals surface area contributed by atoms with Gasteiger partial charge in [-0.1, -0.05) is 0 Å². The van der Waals surface area contributed by atoms with Crippen LogP contribution in [-0.2, 0) is 0 Å². The van der Waals surface area contributed by atoms with Crippen molar-refractivity contribution < 1.29 is 23.1 Å². The highest BCUT2D eigenvalue weighted by Crippen LogP contribution is 2.17. The molecule has 0 saturated heterocycles. The summed E-state index contributed by atoms with van der Waals surface area (Å²) in [5.41, 5.74) is 4.28. The molecule has 10 heavy (non-hydrogen) atoms. The highest BCUT2D eigenvalue weighted by Gasteiger charge is 2.38. The Bertz CT molecular complexity index is 134. The fourth-order valence-corrected chi connectivity index (χ4v) is 0.217. The van der Waals surface area contributed by atoms with Crippen LogP contribution in [0.3, 0.4) is 0 Å². The van der Waals surface area contributed by atoms with Crippen LogP contribution < -0.4 is 11.1 Å². The Hall–Kier alpha value is -0.980. The molecule has 0 aromatic rings. The molecule has 0 saturated carbocycles. The molecule has 60 valence electrons. The van der Waals surface area contributed by atoms with E-state index in [4.69, 9.17) is 5.11 Å². The van der Waals surface area contributed by atoms with Gasteiger partial charge < -0.3 is 16.2 Å². The fraction of sp³-hybridized carbons (Fsp3) is 0.667. The second kappa shape index (κ2) is 2.74. The Labute approximate surface area is 53.8 Å². The van der Waals surface area contributed by atoms with E-state index in [2.05, 4.69) is 5.73 Å². The third-order valence-electron chi connectivity index (χ3n) is 0.589. The number of rotatable bonds is 1. The number of primary amides is 1. The van der Waals surface area contributed by atoms with Crippen LogP contribution in [0.15, 0.2) is 0 Å². The maximum absolute atomic E-state index is 11.3. The van der Waals surface area contributed by atoms with E-state index in [9.17, 15) is 18.0 Å². The molecule has 0 heterocycles. The largest absolute Gasteiger partial charge is 0.433 e. The van der Waals surface area contributed by atoms with E-state index >= 15 is 0 Å². The summed E-state index contributed by atoms with van der Waals surface area (Å²) in [6.45, 7) is 0. The minimum Gasteiger partial charge on any atom is -0.366 e. The monoisotopic (exact) mass is 158 g/mol. The van der Waals surface area contributed by atoms with Gasteiger partial charge in [0.25, 0.3) is 0 Å². The maximum Gasteiger partial charge on any atom is 0.433 e. The summed E-state index contributed by atoms with van der Waals surface area (Å²) >= 11 is 0. The average Bonchev–Trinajstić information content (AvgIpc) is 1.60. The molecule has 7 heteroatoms. The number of aliphatic hydroxyl groups excluding tert-OH is 1. The Kier molecular flexibility index (Phi) is 2.47. The van der Waals surface area contributed by atoms with Gasteiger partial charge in [-0.25, -0.2) is 4.79 Å². The number of aliphatic hydroxyl groups is 1. The summed E-state index contributed by atoms with van der Waals surface area (Å²) in [6.07, 6.45) is -7.75. The standard InChI is InChI=1S/C3H5F3N2O2/c4-3(5,6)1(9)8-2(7)10/h1,9H,(H3,7,8,10). The minimum atomic E-state index is -4.87. The molecule has 0 radical (unpaired) electrons. The molecular weight excluding hydrogens is 153 g/mol. The Morgan fingerprint density at radius 3 is 2.10 bits per heavy atom. The lowest BCUT2D eigenvalue weighted by atomic mass is 10.5. The minimum absolute atomic E-state index is 1.05. The average molecular weight is 158 g/mol. The topological polar surface area (TPSA) is 75.4 Å². The molecule has 4 N–H and O–H groups in total. The maximum atomic E-state index is 11.3. The molecule has 0 aliphatic carbocycles. The zero-order valence-corrected chi connectivity index (χ0v) is 4.64. The Morgan fingerprint density at radius 1 is 1.60 bits per heavy atom. The number of alkyl halides is 3. The molecule has 0 rings (SSSR count). The third kappa shape index (κ3) is 3.13. The van der Waals surface area contributed by atoms with Crippen LogP contribution >= 0.6 is 0 Å². The first-order valence-electron chi connectivity index (χ1n) is 2.15. The molecule has 1 atom stereocenters. The highest BCUT2D eigenvalue weighted by atomic mass is 19.4. The normalized spacial score (nSPS) is 14.4. The zero-order chi connectivity index (χ0) is 8.36. The van der Waals surface area contributed by atoms with Gasteiger partial charge in [-0.15, -0.1) is 0 Å². The molecule has 0 aromatic heterocycles. The Morgan fingerprint density at radius 2 is 2.00 bits per heavy atom. The van der Waals surface area contributed by atoms with Gasteiger partial charge in [-0.3, -0.25) is 0 Å². The van der Waals surface area contributed by atoms with E-state index in [1.54, 1.807) is 0 Å². The second-order valence-electron chi connectivity index (χ2n) is 1.45. The van der Waals surface area contributed by atoms with Crippen molar-refractivity contribution in [2.45, 2.75) is 12.4 Å². The van der Waals surface area contributed by atoms with E-state index in [1.807, 2.05) is 0 Å². The first-order chi connectivity index (χ1) is 4.34. The lowest BCUT2D eigenvalue weighted by Gasteiger charge is -2.13. The molecule has 1 unspecified atom stereocenters. The lowest BCUT2D eigenvalue weighted by Crippen LogP contribution is -2.47. The van der Waals surface area contributed by atoms with Crippen LogP contribution in [0.4, 0.5) is 18.0 Å². The van der Waals surface area contributed by atoms with E-state index in [0.29, 0.717) is 0 Å². The first-order valence-corrected chi connectivity index (χ1v) is 2.15. The van der Waals surface area contributed by atoms with Gasteiger partial charge in [0.1, 0.15) is 0 Å². The smallest absolute Gasteiger partial charge is 0.366 e. The van der Waals surface area contributed by atoms with Gasteiger partial charge in [0.2, 0.25) is 6.23 Å². The van der Waals surface area contributed by atoms with Crippen LogP contribution in [0, 0.1) is 0 Å². The number of urea groups is 1. The number of carbonyl (C=O) groups is 1. The van der Waals surface area contributed by atoms with Gasteiger partial charge in [0, 0.05) is 0 Å². The van der Waals surface area contributed by atoms with Crippen LogP contribution in [0.25, 0.3) is 0 Å². The van der Waals surface area contributed by atoms with Crippen molar-refractivity contribution in [1.29, 1.82) is 0 Å². The van der Waals surface area contributed by atoms with E-state index in [0.717, 1.165) is 5.32 Å². The van der Waals surface area contributed by atoms with Crippen molar-refractivity contribution >= 4 is 6.03 Å². The molecule has 0 spiro atoms. The van der Waals surface area contributed by atoms with E-state index in [-0.39, 0.29) is 0 Å². The first kappa shape index (κ1) is 9.02. The van der Waals surface area contributed by atoms with Gasteiger partial charge >= 0.3 is 12.2 Å². The highest BCUT2D eigenvalue weighted by molar-refractivity contribution is 5.71. The summed E-state index contributed by atoms with van der Waals surface area (Å²) in [6, 6.07) is -1.43. The van der Waals surface area contributed by atoms with Crippen molar-refractivity contribution in [3.8, 4) is 0 Å². The number of halogens is 3. The molecule has 0 fully saturated rings. The molecule has 0 bridgehead atoms. The van der Waals surface area contributed by atoms with Crippen molar-refractivity contribution in [2.24, 2.45) is 5.73 Å². The summed E-state index contributed by atoms with van der Waals surface area (Å²) in [5, 5.41) is 9.07. The lowest BCUT2D eigenvalue weighted by molar-refractivity contribution is -0.209. The van der Waals surface area contributed by atoms with Gasteiger partial charge in [0.05, 0.1) is 0 Å². The number of nitrogens with two attached hydrogens (primary N) is 1. The molecule has 0 aliphatic rings. The predicted molar refractivity (Wildman–Crippen MR) is 24.8 cm³/mol. The summed E-state index contributed by atoms with van der Waals surface area (Å²) in [4.78, 5) is 9.71. The second-order valence-corrected chi connectivity index (χ2v) is 1.45. The van der Waals surface area contributed by atoms with Crippen molar-refractivity contribution in [1.82, 2.24) is 5.32 Å². The molecule has 2 amide bonds.